The fourth-order valence-corrected chi connectivity index (χ4v) is 4.75. The molecule has 0 aliphatic carbocycles. The second kappa shape index (κ2) is 9.16. The first-order valence-electron chi connectivity index (χ1n) is 12.3. The summed E-state index contributed by atoms with van der Waals surface area (Å²) in [6.45, 7) is 5.97. The summed E-state index contributed by atoms with van der Waals surface area (Å²) in [7, 11) is 0. The molecular formula is C32H24N2O4. The van der Waals surface area contributed by atoms with E-state index >= 15 is 0 Å². The molecule has 186 valence electrons. The predicted octanol–water partition coefficient (Wildman–Crippen LogP) is 7.45. The van der Waals surface area contributed by atoms with E-state index in [1.807, 2.05) is 63.2 Å². The van der Waals surface area contributed by atoms with E-state index in [1.54, 1.807) is 36.4 Å². The Bertz CT molecular complexity index is 1910. The molecule has 0 aliphatic rings. The number of aromatic nitrogens is 1. The first-order valence-corrected chi connectivity index (χ1v) is 12.3. The molecule has 0 spiro atoms. The lowest BCUT2D eigenvalue weighted by molar-refractivity contribution is 0.102. The minimum Gasteiger partial charge on any atom is -0.436 e. The van der Waals surface area contributed by atoms with Gasteiger partial charge in [0.15, 0.2) is 5.58 Å². The normalized spacial score (nSPS) is 11.2. The molecule has 2 aromatic heterocycles. The number of nitrogens with zero attached hydrogens (tertiary/aromatic N) is 1. The summed E-state index contributed by atoms with van der Waals surface area (Å²) in [5, 5.41) is 3.83. The minimum atomic E-state index is -0.419. The number of hydrogen-bond acceptors (Lipinski definition) is 5. The standard InChI is InChI=1S/C32H24N2O4/c1-18-15-19(2)29-27(16-18)34-31(38-29)24-8-6-9-26(20(24)3)33-30(35)22-13-11-21(12-14-22)25-17-23-7-4-5-10-28(23)37-32(25)36/h4-17H,1-3H3,(H,33,35). The van der Waals surface area contributed by atoms with Gasteiger partial charge in [-0.1, -0.05) is 42.5 Å². The maximum absolute atomic E-state index is 13.1. The van der Waals surface area contributed by atoms with Gasteiger partial charge in [-0.15, -0.1) is 0 Å². The smallest absolute Gasteiger partial charge is 0.344 e. The summed E-state index contributed by atoms with van der Waals surface area (Å²) < 4.78 is 11.5. The van der Waals surface area contributed by atoms with Crippen LogP contribution in [0.25, 0.3) is 44.7 Å². The molecule has 0 radical (unpaired) electrons. The van der Waals surface area contributed by atoms with Crippen LogP contribution in [-0.4, -0.2) is 10.9 Å². The maximum atomic E-state index is 13.1. The van der Waals surface area contributed by atoms with E-state index in [0.29, 0.717) is 33.9 Å². The van der Waals surface area contributed by atoms with E-state index in [4.69, 9.17) is 13.8 Å². The van der Waals surface area contributed by atoms with Gasteiger partial charge in [0, 0.05) is 22.2 Å². The van der Waals surface area contributed by atoms with E-state index in [9.17, 15) is 9.59 Å². The highest BCUT2D eigenvalue weighted by Gasteiger charge is 2.16. The molecule has 0 aliphatic heterocycles. The number of amides is 1. The molecule has 0 saturated carbocycles. The number of carbonyl (C=O) groups excluding carboxylic acids is 1. The fourth-order valence-electron chi connectivity index (χ4n) is 4.75. The molecule has 2 heterocycles. The molecule has 6 rings (SSSR count). The highest BCUT2D eigenvalue weighted by atomic mass is 16.4. The Kier molecular flexibility index (Phi) is 5.65. The zero-order valence-corrected chi connectivity index (χ0v) is 21.2. The highest BCUT2D eigenvalue weighted by Crippen LogP contribution is 2.32. The van der Waals surface area contributed by atoms with Crippen LogP contribution in [-0.2, 0) is 0 Å². The number of hydrogen-bond donors (Lipinski definition) is 1. The van der Waals surface area contributed by atoms with Gasteiger partial charge in [-0.05, 0) is 85.5 Å². The second-order valence-corrected chi connectivity index (χ2v) is 9.44. The van der Waals surface area contributed by atoms with Crippen molar-refractivity contribution in [3.8, 4) is 22.6 Å². The number of carbonyl (C=O) groups is 1. The number of oxazole rings is 1. The van der Waals surface area contributed by atoms with Crippen LogP contribution in [0.5, 0.6) is 0 Å². The fraction of sp³-hybridized carbons (Fsp3) is 0.0938. The monoisotopic (exact) mass is 500 g/mol. The lowest BCUT2D eigenvalue weighted by Crippen LogP contribution is -2.13. The van der Waals surface area contributed by atoms with Crippen molar-refractivity contribution < 1.29 is 13.6 Å². The van der Waals surface area contributed by atoms with E-state index in [-0.39, 0.29) is 5.91 Å². The van der Waals surface area contributed by atoms with Gasteiger partial charge in [0.05, 0.1) is 5.56 Å². The van der Waals surface area contributed by atoms with Crippen molar-refractivity contribution in [1.82, 2.24) is 4.98 Å². The van der Waals surface area contributed by atoms with E-state index < -0.39 is 5.63 Å². The van der Waals surface area contributed by atoms with Crippen LogP contribution < -0.4 is 10.9 Å². The van der Waals surface area contributed by atoms with Crippen molar-refractivity contribution in [3.63, 3.8) is 0 Å². The molecule has 6 heteroatoms. The Labute approximate surface area is 218 Å². The van der Waals surface area contributed by atoms with Crippen LogP contribution in [0.1, 0.15) is 27.0 Å². The molecule has 38 heavy (non-hydrogen) atoms. The molecule has 0 saturated heterocycles. The summed E-state index contributed by atoms with van der Waals surface area (Å²) in [6, 6.07) is 25.8. The molecular weight excluding hydrogens is 476 g/mol. The molecule has 4 aromatic carbocycles. The lowest BCUT2D eigenvalue weighted by atomic mass is 10.0. The van der Waals surface area contributed by atoms with Crippen LogP contribution in [0.2, 0.25) is 0 Å². The number of nitrogens with one attached hydrogen (secondary N) is 1. The molecule has 6 nitrogen and oxygen atoms in total. The van der Waals surface area contributed by atoms with Crippen molar-refractivity contribution in [1.29, 1.82) is 0 Å². The largest absolute Gasteiger partial charge is 0.436 e. The third-order valence-corrected chi connectivity index (χ3v) is 6.73. The Morgan fingerprint density at radius 3 is 2.42 bits per heavy atom. The van der Waals surface area contributed by atoms with Crippen molar-refractivity contribution in [2.75, 3.05) is 5.32 Å². The topological polar surface area (TPSA) is 85.3 Å². The number of aryl methyl sites for hydroxylation is 2. The first-order chi connectivity index (χ1) is 18.4. The van der Waals surface area contributed by atoms with Crippen LogP contribution in [0.3, 0.4) is 0 Å². The van der Waals surface area contributed by atoms with Gasteiger partial charge in [-0.25, -0.2) is 9.78 Å². The quantitative estimate of drug-likeness (QED) is 0.254. The molecule has 1 N–H and O–H groups in total. The van der Waals surface area contributed by atoms with E-state index in [0.717, 1.165) is 38.7 Å². The van der Waals surface area contributed by atoms with Gasteiger partial charge >= 0.3 is 5.63 Å². The van der Waals surface area contributed by atoms with Gasteiger partial charge in [-0.2, -0.15) is 0 Å². The number of rotatable bonds is 4. The Morgan fingerprint density at radius 1 is 0.816 bits per heavy atom. The maximum Gasteiger partial charge on any atom is 0.344 e. The van der Waals surface area contributed by atoms with Gasteiger partial charge in [0.2, 0.25) is 5.89 Å². The van der Waals surface area contributed by atoms with Crippen molar-refractivity contribution >= 4 is 33.7 Å². The number of fused-ring (bicyclic) bond motifs is 2. The summed E-state index contributed by atoms with van der Waals surface area (Å²) in [4.78, 5) is 30.3. The third kappa shape index (κ3) is 4.16. The van der Waals surface area contributed by atoms with Crippen LogP contribution in [0.15, 0.2) is 98.6 Å². The van der Waals surface area contributed by atoms with Crippen molar-refractivity contribution in [2.24, 2.45) is 0 Å². The van der Waals surface area contributed by atoms with E-state index in [2.05, 4.69) is 11.4 Å². The summed E-state index contributed by atoms with van der Waals surface area (Å²) in [6.07, 6.45) is 0. The van der Waals surface area contributed by atoms with Crippen molar-refractivity contribution in [2.45, 2.75) is 20.8 Å². The molecule has 0 atom stereocenters. The molecule has 0 bridgehead atoms. The summed E-state index contributed by atoms with van der Waals surface area (Å²) in [5.41, 5.74) is 7.79. The molecule has 0 fully saturated rings. The predicted molar refractivity (Wildman–Crippen MR) is 150 cm³/mol. The van der Waals surface area contributed by atoms with Crippen LogP contribution in [0.4, 0.5) is 5.69 Å². The number of para-hydroxylation sites is 1. The van der Waals surface area contributed by atoms with E-state index in [1.165, 1.54) is 0 Å². The second-order valence-electron chi connectivity index (χ2n) is 9.44. The highest BCUT2D eigenvalue weighted by molar-refractivity contribution is 6.05. The Hall–Kier alpha value is -4.97. The first kappa shape index (κ1) is 23.4. The number of benzene rings is 4. The lowest BCUT2D eigenvalue weighted by Gasteiger charge is -2.11. The molecule has 6 aromatic rings. The van der Waals surface area contributed by atoms with Crippen LogP contribution >= 0.6 is 0 Å². The average molecular weight is 501 g/mol. The van der Waals surface area contributed by atoms with Crippen molar-refractivity contribution in [3.05, 3.63) is 118 Å². The van der Waals surface area contributed by atoms with Gasteiger partial charge in [0.25, 0.3) is 5.91 Å². The van der Waals surface area contributed by atoms with Gasteiger partial charge < -0.3 is 14.2 Å². The van der Waals surface area contributed by atoms with Gasteiger partial charge in [-0.3, -0.25) is 4.79 Å². The zero-order chi connectivity index (χ0) is 26.4. The van der Waals surface area contributed by atoms with Gasteiger partial charge in [0.1, 0.15) is 11.1 Å². The van der Waals surface area contributed by atoms with Crippen LogP contribution in [0, 0.1) is 20.8 Å². The SMILES string of the molecule is Cc1cc(C)c2oc(-c3cccc(NC(=O)c4ccc(-c5cc6ccccc6oc5=O)cc4)c3C)nc2c1. The number of anilines is 1. The zero-order valence-electron chi connectivity index (χ0n) is 21.2. The third-order valence-electron chi connectivity index (χ3n) is 6.73. The Morgan fingerprint density at radius 2 is 1.61 bits per heavy atom. The summed E-state index contributed by atoms with van der Waals surface area (Å²) in [5.74, 6) is 0.257. The molecule has 1 amide bonds. The minimum absolute atomic E-state index is 0.258. The average Bonchev–Trinajstić information content (AvgIpc) is 3.34. The molecule has 0 unspecified atom stereocenters. The summed E-state index contributed by atoms with van der Waals surface area (Å²) >= 11 is 0. The Balaban J connectivity index is 1.27.